The molecule has 0 aromatic heterocycles. The van der Waals surface area contributed by atoms with Crippen molar-refractivity contribution in [2.24, 2.45) is 0 Å². The minimum Gasteiger partial charge on any atom is -0.294 e. The zero-order valence-corrected chi connectivity index (χ0v) is 11.1. The first-order valence-corrected chi connectivity index (χ1v) is 6.60. The molecule has 3 rings (SSSR count). The molecule has 17 heavy (non-hydrogen) atoms. The summed E-state index contributed by atoms with van der Waals surface area (Å²) in [6.45, 7) is 9.33. The molecule has 2 aliphatic rings. The zero-order chi connectivity index (χ0) is 12.0. The number of hydrogen-bond acceptors (Lipinski definition) is 1. The molecule has 0 unspecified atom stereocenters. The number of benzene rings is 1. The highest BCUT2D eigenvalue weighted by molar-refractivity contribution is 5.77. The van der Waals surface area contributed by atoms with E-state index in [1.165, 1.54) is 30.5 Å². The number of rotatable bonds is 0. The molecule has 0 amide bonds. The van der Waals surface area contributed by atoms with E-state index in [1.807, 2.05) is 0 Å². The largest absolute Gasteiger partial charge is 0.294 e. The average Bonchev–Trinajstić information content (AvgIpc) is 2.65. The second-order valence-corrected chi connectivity index (χ2v) is 6.26. The van der Waals surface area contributed by atoms with Gasteiger partial charge in [-0.05, 0) is 55.9 Å². The third kappa shape index (κ3) is 1.83. The van der Waals surface area contributed by atoms with Gasteiger partial charge in [0.15, 0.2) is 0 Å². The van der Waals surface area contributed by atoms with Gasteiger partial charge in [0.2, 0.25) is 0 Å². The summed E-state index contributed by atoms with van der Waals surface area (Å²) in [6.07, 6.45) is 2.40. The lowest BCUT2D eigenvalue weighted by Gasteiger charge is -2.39. The molecule has 1 aliphatic carbocycles. The minimum absolute atomic E-state index is 0.299. The fraction of sp³-hybridized carbons (Fsp3) is 0.500. The third-order valence-corrected chi connectivity index (χ3v) is 4.14. The van der Waals surface area contributed by atoms with Gasteiger partial charge < -0.3 is 0 Å². The predicted octanol–water partition coefficient (Wildman–Crippen LogP) is 3.50. The van der Waals surface area contributed by atoms with Crippen molar-refractivity contribution in [2.45, 2.75) is 39.2 Å². The first kappa shape index (κ1) is 11.0. The van der Waals surface area contributed by atoms with E-state index in [-0.39, 0.29) is 0 Å². The summed E-state index contributed by atoms with van der Waals surface area (Å²) in [5.41, 5.74) is 6.66. The van der Waals surface area contributed by atoms with Crippen molar-refractivity contribution < 1.29 is 0 Å². The Bertz CT molecular complexity index is 477. The molecular formula is C16H21N. The first-order valence-electron chi connectivity index (χ1n) is 6.60. The smallest absolute Gasteiger partial charge is 0.0207 e. The molecule has 1 heteroatoms. The van der Waals surface area contributed by atoms with Crippen molar-refractivity contribution >= 4 is 5.57 Å². The van der Waals surface area contributed by atoms with Crippen molar-refractivity contribution in [2.75, 3.05) is 13.1 Å². The summed E-state index contributed by atoms with van der Waals surface area (Å²) in [5, 5.41) is 0. The van der Waals surface area contributed by atoms with Crippen molar-refractivity contribution in [3.8, 4) is 0 Å². The molecule has 1 heterocycles. The van der Waals surface area contributed by atoms with Gasteiger partial charge in [0.05, 0.1) is 0 Å². The molecule has 1 aromatic carbocycles. The van der Waals surface area contributed by atoms with Crippen molar-refractivity contribution in [3.05, 3.63) is 41.0 Å². The summed E-state index contributed by atoms with van der Waals surface area (Å²) < 4.78 is 0. The molecule has 0 bridgehead atoms. The Labute approximate surface area is 104 Å². The highest BCUT2D eigenvalue weighted by Gasteiger charge is 2.30. The Balaban J connectivity index is 1.90. The maximum absolute atomic E-state index is 2.61. The molecule has 0 spiro atoms. The summed E-state index contributed by atoms with van der Waals surface area (Å²) in [7, 11) is 0. The standard InChI is InChI=1S/C16H21N/c1-16(2,3)17-9-8-15-13(11-17)10-12-6-4-5-7-14(12)15/h4-7H,8-11H2,1-3H3. The van der Waals surface area contributed by atoms with Crippen LogP contribution in [0.4, 0.5) is 0 Å². The van der Waals surface area contributed by atoms with E-state index in [2.05, 4.69) is 49.9 Å². The second kappa shape index (κ2) is 3.71. The third-order valence-electron chi connectivity index (χ3n) is 4.14. The van der Waals surface area contributed by atoms with E-state index in [4.69, 9.17) is 0 Å². The highest BCUT2D eigenvalue weighted by Crippen LogP contribution is 2.39. The fourth-order valence-corrected chi connectivity index (χ4v) is 3.09. The predicted molar refractivity (Wildman–Crippen MR) is 73.0 cm³/mol. The Morgan fingerprint density at radius 2 is 1.88 bits per heavy atom. The Hall–Kier alpha value is -1.08. The summed E-state index contributed by atoms with van der Waals surface area (Å²) in [4.78, 5) is 2.61. The molecule has 1 nitrogen and oxygen atoms in total. The Kier molecular flexibility index (Phi) is 2.41. The molecular weight excluding hydrogens is 206 g/mol. The van der Waals surface area contributed by atoms with E-state index in [1.54, 1.807) is 11.1 Å². The Morgan fingerprint density at radius 1 is 1.12 bits per heavy atom. The molecule has 90 valence electrons. The van der Waals surface area contributed by atoms with Crippen LogP contribution in [0.25, 0.3) is 5.57 Å². The minimum atomic E-state index is 0.299. The van der Waals surface area contributed by atoms with Crippen LogP contribution < -0.4 is 0 Å². The van der Waals surface area contributed by atoms with E-state index in [0.29, 0.717) is 5.54 Å². The second-order valence-electron chi connectivity index (χ2n) is 6.26. The molecule has 1 aliphatic heterocycles. The van der Waals surface area contributed by atoms with Gasteiger partial charge in [0.25, 0.3) is 0 Å². The van der Waals surface area contributed by atoms with E-state index >= 15 is 0 Å². The first-order chi connectivity index (χ1) is 8.05. The summed E-state index contributed by atoms with van der Waals surface area (Å²) in [5.74, 6) is 0. The SMILES string of the molecule is CC(C)(C)N1CCC2=C(Cc3ccccc32)C1. The lowest BCUT2D eigenvalue weighted by Crippen LogP contribution is -2.44. The van der Waals surface area contributed by atoms with Gasteiger partial charge in [-0.15, -0.1) is 0 Å². The monoisotopic (exact) mass is 227 g/mol. The van der Waals surface area contributed by atoms with E-state index in [0.717, 1.165) is 6.54 Å². The van der Waals surface area contributed by atoms with Gasteiger partial charge in [0, 0.05) is 18.6 Å². The number of fused-ring (bicyclic) bond motifs is 2. The molecule has 0 N–H and O–H groups in total. The Morgan fingerprint density at radius 3 is 2.65 bits per heavy atom. The maximum atomic E-state index is 2.61. The van der Waals surface area contributed by atoms with E-state index < -0.39 is 0 Å². The number of hydrogen-bond donors (Lipinski definition) is 0. The van der Waals surface area contributed by atoms with Crippen molar-refractivity contribution in [1.82, 2.24) is 4.90 Å². The van der Waals surface area contributed by atoms with Gasteiger partial charge in [-0.25, -0.2) is 0 Å². The van der Waals surface area contributed by atoms with Crippen LogP contribution in [0.3, 0.4) is 0 Å². The molecule has 0 radical (unpaired) electrons. The normalized spacial score (nSPS) is 20.4. The van der Waals surface area contributed by atoms with Crippen LogP contribution in [-0.2, 0) is 6.42 Å². The molecule has 0 atom stereocenters. The molecule has 1 aromatic rings. The zero-order valence-electron chi connectivity index (χ0n) is 11.1. The van der Waals surface area contributed by atoms with Gasteiger partial charge in [-0.3, -0.25) is 4.90 Å². The summed E-state index contributed by atoms with van der Waals surface area (Å²) >= 11 is 0. The average molecular weight is 227 g/mol. The van der Waals surface area contributed by atoms with Gasteiger partial charge in [0.1, 0.15) is 0 Å². The van der Waals surface area contributed by atoms with Crippen LogP contribution >= 0.6 is 0 Å². The quantitative estimate of drug-likeness (QED) is 0.655. The number of nitrogens with zero attached hydrogens (tertiary/aromatic N) is 1. The van der Waals surface area contributed by atoms with Gasteiger partial charge in [-0.1, -0.05) is 24.3 Å². The van der Waals surface area contributed by atoms with Crippen LogP contribution in [0.15, 0.2) is 29.8 Å². The molecule has 0 fully saturated rings. The highest BCUT2D eigenvalue weighted by atomic mass is 15.2. The van der Waals surface area contributed by atoms with Crippen molar-refractivity contribution in [3.63, 3.8) is 0 Å². The van der Waals surface area contributed by atoms with Crippen LogP contribution in [0.5, 0.6) is 0 Å². The topological polar surface area (TPSA) is 3.24 Å². The lowest BCUT2D eigenvalue weighted by atomic mass is 9.95. The summed E-state index contributed by atoms with van der Waals surface area (Å²) in [6, 6.07) is 8.92. The molecule has 0 saturated carbocycles. The van der Waals surface area contributed by atoms with Crippen LogP contribution in [0.1, 0.15) is 38.3 Å². The van der Waals surface area contributed by atoms with Crippen LogP contribution in [-0.4, -0.2) is 23.5 Å². The van der Waals surface area contributed by atoms with Crippen LogP contribution in [0.2, 0.25) is 0 Å². The van der Waals surface area contributed by atoms with E-state index in [9.17, 15) is 0 Å². The fourth-order valence-electron chi connectivity index (χ4n) is 3.09. The van der Waals surface area contributed by atoms with Gasteiger partial charge >= 0.3 is 0 Å². The lowest BCUT2D eigenvalue weighted by molar-refractivity contribution is 0.148. The van der Waals surface area contributed by atoms with Gasteiger partial charge in [-0.2, -0.15) is 0 Å². The maximum Gasteiger partial charge on any atom is 0.0207 e. The molecule has 0 saturated heterocycles. The van der Waals surface area contributed by atoms with Crippen molar-refractivity contribution in [1.29, 1.82) is 0 Å². The van der Waals surface area contributed by atoms with Crippen LogP contribution in [0, 0.1) is 0 Å².